The average Bonchev–Trinajstić information content (AvgIpc) is 3.97. The number of hydrogen-bond donors (Lipinski definition) is 7. The molecule has 5 amide bonds. The van der Waals surface area contributed by atoms with Crippen LogP contribution in [0.5, 0.6) is 0 Å². The quantitative estimate of drug-likeness (QED) is 0.0485. The molecule has 0 radical (unpaired) electrons. The first kappa shape index (κ1) is 57.6. The molecule has 6 rings (SSSR count). The highest BCUT2D eigenvalue weighted by Gasteiger charge is 2.45. The average molecular weight is 1130 g/mol. The van der Waals surface area contributed by atoms with Gasteiger partial charge in [-0.05, 0) is 71.3 Å². The molecule has 2 aliphatic rings. The maximum atomic E-state index is 14.3. The lowest BCUT2D eigenvalue weighted by Gasteiger charge is -2.35. The molecule has 25 heteroatoms. The number of rotatable bonds is 24. The van der Waals surface area contributed by atoms with E-state index in [4.69, 9.17) is 15.2 Å². The van der Waals surface area contributed by atoms with Gasteiger partial charge in [-0.25, -0.2) is 27.1 Å². The van der Waals surface area contributed by atoms with Gasteiger partial charge in [-0.1, -0.05) is 51.1 Å². The maximum absolute atomic E-state index is 14.3. The minimum Gasteiger partial charge on any atom is -0.391 e. The number of β-amino-alcohol motifs (C(OH)–C–C–N with tert-alkyl or cyclic N) is 1. The number of nitrogens with one attached hydrogen (secondary N) is 5. The minimum atomic E-state index is -3.67. The van der Waals surface area contributed by atoms with Gasteiger partial charge < -0.3 is 51.8 Å². The highest BCUT2D eigenvalue weighted by molar-refractivity contribution is 9.10. The number of carbonyl (C=O) groups is 5. The van der Waals surface area contributed by atoms with E-state index in [1.807, 2.05) is 38.1 Å². The number of nitrogens with zero attached hydrogens (tertiary/aromatic N) is 5. The number of sulfonamides is 1. The van der Waals surface area contributed by atoms with Crippen molar-refractivity contribution in [3.63, 3.8) is 0 Å². The second kappa shape index (κ2) is 26.2. The van der Waals surface area contributed by atoms with Gasteiger partial charge in [0, 0.05) is 57.7 Å². The Morgan fingerprint density at radius 3 is 2.28 bits per heavy atom. The van der Waals surface area contributed by atoms with Crippen molar-refractivity contribution in [2.24, 2.45) is 11.1 Å². The Morgan fingerprint density at radius 2 is 1.65 bits per heavy atom. The zero-order valence-electron chi connectivity index (χ0n) is 42.0. The van der Waals surface area contributed by atoms with Crippen molar-refractivity contribution in [2.75, 3.05) is 69.0 Å². The lowest BCUT2D eigenvalue weighted by atomic mass is 9.85. The second-order valence-electron chi connectivity index (χ2n) is 19.1. The molecule has 2 saturated heterocycles. The Balaban J connectivity index is 0.835. The van der Waals surface area contributed by atoms with Gasteiger partial charge in [-0.2, -0.15) is 4.98 Å². The van der Waals surface area contributed by atoms with Crippen LogP contribution in [-0.4, -0.2) is 150 Å². The Hall–Kier alpha value is -5.70. The number of aliphatic hydroxyl groups excluding tert-OH is 1. The number of amides is 5. The Morgan fingerprint density at radius 1 is 0.973 bits per heavy atom. The molecular weight excluding hydrogens is 1070 g/mol. The van der Waals surface area contributed by atoms with E-state index in [9.17, 15) is 41.9 Å². The van der Waals surface area contributed by atoms with Gasteiger partial charge in [0.15, 0.2) is 0 Å². The molecule has 2 aliphatic heterocycles. The maximum Gasteiger partial charge on any atom is 0.253 e. The Bertz CT molecular complexity index is 2720. The zero-order chi connectivity index (χ0) is 53.7. The van der Waals surface area contributed by atoms with Crippen LogP contribution in [-0.2, 0) is 38.7 Å². The van der Waals surface area contributed by atoms with Crippen LogP contribution < -0.4 is 32.3 Å². The highest BCUT2D eigenvalue weighted by Crippen LogP contribution is 2.31. The lowest BCUT2D eigenvalue weighted by molar-refractivity contribution is -0.144. The van der Waals surface area contributed by atoms with Gasteiger partial charge in [0.05, 0.1) is 76.1 Å². The molecule has 0 spiro atoms. The largest absolute Gasteiger partial charge is 0.391 e. The predicted octanol–water partition coefficient (Wildman–Crippen LogP) is 4.16. The van der Waals surface area contributed by atoms with E-state index < -0.39 is 63.1 Å². The molecule has 21 nitrogen and oxygen atoms in total. The van der Waals surface area contributed by atoms with Crippen LogP contribution in [0.2, 0.25) is 0 Å². The first-order valence-electron chi connectivity index (χ1n) is 24.2. The fraction of sp³-hybridized carbons (Fsp3) is 0.510. The van der Waals surface area contributed by atoms with Crippen LogP contribution in [0, 0.1) is 18.2 Å². The molecule has 74 heavy (non-hydrogen) atoms. The highest BCUT2D eigenvalue weighted by atomic mass is 79.9. The van der Waals surface area contributed by atoms with E-state index in [1.54, 1.807) is 37.6 Å². The van der Waals surface area contributed by atoms with Crippen molar-refractivity contribution in [1.82, 2.24) is 40.1 Å². The number of anilines is 3. The summed E-state index contributed by atoms with van der Waals surface area (Å²) in [7, 11) is -3.67. The third-order valence-electron chi connectivity index (χ3n) is 12.5. The van der Waals surface area contributed by atoms with Crippen LogP contribution in [0.3, 0.4) is 0 Å². The summed E-state index contributed by atoms with van der Waals surface area (Å²) in [5.74, 6) is -3.22. The SMILES string of the molecule is Cc1ncsc1-c1ccc([C@H](C)NC(=O)[C@@H]2C[C@@H](O)CN2C(=O)[C@@H](NC(=O)CCOCCOCCC(=O)NCCS(=O)(=O)N2CCC(Nc3ncc(Br)c(Nc4cccc(F)c4C(N)=O)n3)CC2)C(C)(C)C)cc1. The van der Waals surface area contributed by atoms with E-state index >= 15 is 0 Å². The van der Waals surface area contributed by atoms with Gasteiger partial charge in [0.2, 0.25) is 39.6 Å². The summed E-state index contributed by atoms with van der Waals surface area (Å²) in [5.41, 5.74) is 9.09. The molecule has 2 aromatic carbocycles. The molecule has 0 saturated carbocycles. The number of aromatic nitrogens is 3. The first-order valence-corrected chi connectivity index (χ1v) is 27.5. The Kier molecular flexibility index (Phi) is 20.4. The lowest BCUT2D eigenvalue weighted by Crippen LogP contribution is -2.58. The third kappa shape index (κ3) is 15.9. The number of aryl methyl sites for hydroxylation is 1. The molecule has 0 bridgehead atoms. The fourth-order valence-electron chi connectivity index (χ4n) is 8.43. The molecule has 4 heterocycles. The number of thiazole rings is 1. The van der Waals surface area contributed by atoms with E-state index in [-0.39, 0.29) is 119 Å². The van der Waals surface area contributed by atoms with Gasteiger partial charge in [-0.15, -0.1) is 11.3 Å². The zero-order valence-corrected chi connectivity index (χ0v) is 45.2. The van der Waals surface area contributed by atoms with Crippen LogP contribution >= 0.6 is 27.3 Å². The number of halogens is 2. The summed E-state index contributed by atoms with van der Waals surface area (Å²) in [6.07, 6.45) is 1.47. The molecule has 8 N–H and O–H groups in total. The number of aliphatic hydroxyl groups is 1. The number of piperidine rings is 1. The molecule has 4 aromatic rings. The monoisotopic (exact) mass is 1130 g/mol. The number of primary amides is 1. The van der Waals surface area contributed by atoms with E-state index in [0.717, 1.165) is 27.8 Å². The molecular formula is C49H65BrFN11O10S2. The van der Waals surface area contributed by atoms with Crippen molar-refractivity contribution in [3.8, 4) is 10.4 Å². The predicted molar refractivity (Wildman–Crippen MR) is 280 cm³/mol. The topological polar surface area (TPSA) is 290 Å². The number of hydrogen-bond acceptors (Lipinski definition) is 16. The first-order chi connectivity index (χ1) is 35.1. The van der Waals surface area contributed by atoms with Gasteiger partial charge in [0.25, 0.3) is 5.91 Å². The molecule has 4 atom stereocenters. The summed E-state index contributed by atoms with van der Waals surface area (Å²) < 4.78 is 53.4. The number of carbonyl (C=O) groups excluding carboxylic acids is 5. The molecule has 2 fully saturated rings. The summed E-state index contributed by atoms with van der Waals surface area (Å²) in [6, 6.07) is 9.42. The van der Waals surface area contributed by atoms with Gasteiger partial charge in [-0.3, -0.25) is 24.0 Å². The van der Waals surface area contributed by atoms with Crippen LogP contribution in [0.25, 0.3) is 10.4 Å². The van der Waals surface area contributed by atoms with Crippen molar-refractivity contribution in [1.29, 1.82) is 0 Å². The standard InChI is InChI=1S/C49H65BrFN11O10S2/c1-29(31-9-11-32(12-10-31)42-30(2)55-28-73-42)56-46(67)38-25-34(63)27-62(38)47(68)43(49(3,4)5)59-40(65)16-21-72-23-22-71-20-15-39(64)53-17-24-74(69,70)61-18-13-33(14-19-61)57-48-54-26-35(50)45(60-48)58-37-8-6-7-36(51)41(37)44(52)66/h6-12,26,28-29,33-34,38,43,63H,13-25,27H2,1-5H3,(H2,52,66)(H,53,64)(H,56,67)(H,59,65)(H2,54,57,58,60)/t29-,34+,38-,43+/m0/s1. The van der Waals surface area contributed by atoms with Crippen molar-refractivity contribution in [3.05, 3.63) is 81.3 Å². The van der Waals surface area contributed by atoms with Crippen molar-refractivity contribution < 1.29 is 51.4 Å². The molecule has 2 aromatic heterocycles. The van der Waals surface area contributed by atoms with Gasteiger partial charge in [0.1, 0.15) is 23.7 Å². The summed E-state index contributed by atoms with van der Waals surface area (Å²) in [5, 5.41) is 25.2. The molecule has 0 unspecified atom stereocenters. The van der Waals surface area contributed by atoms with E-state index in [0.29, 0.717) is 17.3 Å². The van der Waals surface area contributed by atoms with E-state index in [2.05, 4.69) is 57.5 Å². The third-order valence-corrected chi connectivity index (χ3v) is 15.9. The smallest absolute Gasteiger partial charge is 0.253 e. The van der Waals surface area contributed by atoms with Crippen LogP contribution in [0.4, 0.5) is 21.8 Å². The number of nitrogens with two attached hydrogens (primary N) is 1. The van der Waals surface area contributed by atoms with Gasteiger partial charge >= 0.3 is 0 Å². The normalized spacial score (nSPS) is 17.3. The Labute approximate surface area is 442 Å². The fourth-order valence-corrected chi connectivity index (χ4v) is 10.9. The summed E-state index contributed by atoms with van der Waals surface area (Å²) in [6.45, 7) is 9.90. The van der Waals surface area contributed by atoms with E-state index in [1.165, 1.54) is 27.5 Å². The molecule has 402 valence electrons. The number of likely N-dealkylation sites (tertiary alicyclic amines) is 1. The number of ether oxygens (including phenoxy) is 2. The minimum absolute atomic E-state index is 0.0106. The summed E-state index contributed by atoms with van der Waals surface area (Å²) in [4.78, 5) is 80.5. The van der Waals surface area contributed by atoms with Crippen LogP contribution in [0.1, 0.15) is 87.5 Å². The summed E-state index contributed by atoms with van der Waals surface area (Å²) >= 11 is 4.91. The molecule has 0 aliphatic carbocycles. The van der Waals surface area contributed by atoms with Crippen LogP contribution in [0.15, 0.2) is 58.6 Å². The second-order valence-corrected chi connectivity index (χ2v) is 22.9. The van der Waals surface area contributed by atoms with Crippen molar-refractivity contribution in [2.45, 2.75) is 97.0 Å². The number of benzene rings is 2. The van der Waals surface area contributed by atoms with Crippen molar-refractivity contribution >= 4 is 84.3 Å².